The summed E-state index contributed by atoms with van der Waals surface area (Å²) in [7, 11) is 0. The van der Waals surface area contributed by atoms with Crippen LogP contribution in [-0.2, 0) is 4.79 Å². The number of para-hydroxylation sites is 3. The highest BCUT2D eigenvalue weighted by atomic mass is 16.5. The van der Waals surface area contributed by atoms with Gasteiger partial charge in [0, 0.05) is 12.2 Å². The Morgan fingerprint density at radius 3 is 2.64 bits per heavy atom. The molecule has 114 valence electrons. The van der Waals surface area contributed by atoms with Crippen LogP contribution in [-0.4, -0.2) is 32.1 Å². The molecule has 1 amide bonds. The minimum atomic E-state index is 0.102. The number of carbonyl (C=O) groups is 1. The van der Waals surface area contributed by atoms with Crippen LogP contribution in [0.4, 0.5) is 11.4 Å². The van der Waals surface area contributed by atoms with E-state index in [0.717, 1.165) is 23.7 Å². The molecule has 0 radical (unpaired) electrons. The first-order chi connectivity index (χ1) is 10.8. The molecule has 0 aromatic heterocycles. The van der Waals surface area contributed by atoms with Crippen LogP contribution in [0.5, 0.6) is 5.75 Å². The molecule has 4 heteroatoms. The fourth-order valence-corrected chi connectivity index (χ4v) is 2.75. The molecule has 0 bridgehead atoms. The zero-order valence-corrected chi connectivity index (χ0v) is 12.7. The summed E-state index contributed by atoms with van der Waals surface area (Å²) >= 11 is 0. The lowest BCUT2D eigenvalue weighted by molar-refractivity contribution is -0.117. The summed E-state index contributed by atoms with van der Waals surface area (Å²) in [5.41, 5.74) is 1.93. The summed E-state index contributed by atoms with van der Waals surface area (Å²) < 4.78 is 5.64. The molecule has 1 aliphatic rings. The molecule has 22 heavy (non-hydrogen) atoms. The molecule has 0 saturated heterocycles. The summed E-state index contributed by atoms with van der Waals surface area (Å²) in [5.74, 6) is 0.953. The Hall–Kier alpha value is -2.49. The Morgan fingerprint density at radius 2 is 1.86 bits per heavy atom. The highest BCUT2D eigenvalue weighted by molar-refractivity contribution is 5.96. The highest BCUT2D eigenvalue weighted by Gasteiger charge is 2.22. The van der Waals surface area contributed by atoms with E-state index in [4.69, 9.17) is 4.74 Å². The SMILES string of the molecule is CCN(C(=O)CN1CCOc2ccccc21)c1ccccc1. The van der Waals surface area contributed by atoms with Crippen LogP contribution in [0, 0.1) is 0 Å². The largest absolute Gasteiger partial charge is 0.490 e. The van der Waals surface area contributed by atoms with Crippen molar-refractivity contribution >= 4 is 17.3 Å². The van der Waals surface area contributed by atoms with Gasteiger partial charge in [0.1, 0.15) is 12.4 Å². The smallest absolute Gasteiger partial charge is 0.246 e. The van der Waals surface area contributed by atoms with Gasteiger partial charge in [0.05, 0.1) is 18.8 Å². The normalized spacial score (nSPS) is 13.2. The first-order valence-electron chi connectivity index (χ1n) is 7.62. The van der Waals surface area contributed by atoms with E-state index in [-0.39, 0.29) is 5.91 Å². The predicted octanol–water partition coefficient (Wildman–Crippen LogP) is 2.94. The van der Waals surface area contributed by atoms with Crippen molar-refractivity contribution in [2.75, 3.05) is 36.0 Å². The van der Waals surface area contributed by atoms with Crippen molar-refractivity contribution in [2.24, 2.45) is 0 Å². The van der Waals surface area contributed by atoms with E-state index in [0.29, 0.717) is 19.7 Å². The van der Waals surface area contributed by atoms with E-state index >= 15 is 0 Å². The van der Waals surface area contributed by atoms with Gasteiger partial charge in [0.25, 0.3) is 0 Å². The average Bonchev–Trinajstić information content (AvgIpc) is 2.57. The maximum atomic E-state index is 12.7. The molecule has 2 aromatic carbocycles. The number of ether oxygens (including phenoxy) is 1. The quantitative estimate of drug-likeness (QED) is 0.869. The van der Waals surface area contributed by atoms with Gasteiger partial charge in [0.2, 0.25) is 5.91 Å². The van der Waals surface area contributed by atoms with Crippen molar-refractivity contribution in [3.8, 4) is 5.75 Å². The van der Waals surface area contributed by atoms with E-state index in [1.165, 1.54) is 0 Å². The molecular weight excluding hydrogens is 276 g/mol. The van der Waals surface area contributed by atoms with Crippen molar-refractivity contribution in [3.63, 3.8) is 0 Å². The number of hydrogen-bond donors (Lipinski definition) is 0. The van der Waals surface area contributed by atoms with Gasteiger partial charge in [-0.05, 0) is 31.2 Å². The first-order valence-corrected chi connectivity index (χ1v) is 7.62. The summed E-state index contributed by atoms with van der Waals surface area (Å²) in [4.78, 5) is 16.6. The number of fused-ring (bicyclic) bond motifs is 1. The van der Waals surface area contributed by atoms with E-state index in [2.05, 4.69) is 4.90 Å². The minimum absolute atomic E-state index is 0.102. The van der Waals surface area contributed by atoms with Crippen LogP contribution in [0.25, 0.3) is 0 Å². The van der Waals surface area contributed by atoms with Crippen LogP contribution in [0.15, 0.2) is 54.6 Å². The second-order valence-corrected chi connectivity index (χ2v) is 5.21. The van der Waals surface area contributed by atoms with Crippen LogP contribution in [0.2, 0.25) is 0 Å². The van der Waals surface area contributed by atoms with Crippen molar-refractivity contribution in [1.29, 1.82) is 0 Å². The Labute approximate surface area is 130 Å². The second-order valence-electron chi connectivity index (χ2n) is 5.21. The monoisotopic (exact) mass is 296 g/mol. The zero-order valence-electron chi connectivity index (χ0n) is 12.7. The van der Waals surface area contributed by atoms with Crippen molar-refractivity contribution in [3.05, 3.63) is 54.6 Å². The molecule has 4 nitrogen and oxygen atoms in total. The number of likely N-dealkylation sites (N-methyl/N-ethyl adjacent to an activating group) is 1. The third kappa shape index (κ3) is 2.91. The molecule has 0 unspecified atom stereocenters. The van der Waals surface area contributed by atoms with Crippen LogP contribution >= 0.6 is 0 Å². The van der Waals surface area contributed by atoms with E-state index in [9.17, 15) is 4.79 Å². The first kappa shape index (κ1) is 14.4. The number of nitrogens with zero attached hydrogens (tertiary/aromatic N) is 2. The number of anilines is 2. The summed E-state index contributed by atoms with van der Waals surface area (Å²) in [6.45, 7) is 4.37. The van der Waals surface area contributed by atoms with Crippen molar-refractivity contribution in [1.82, 2.24) is 0 Å². The molecular formula is C18H20N2O2. The molecule has 1 aliphatic heterocycles. The van der Waals surface area contributed by atoms with E-state index < -0.39 is 0 Å². The van der Waals surface area contributed by atoms with Gasteiger partial charge in [-0.1, -0.05) is 30.3 Å². The molecule has 0 spiro atoms. The fourth-order valence-electron chi connectivity index (χ4n) is 2.75. The van der Waals surface area contributed by atoms with Gasteiger partial charge in [-0.2, -0.15) is 0 Å². The Bertz CT molecular complexity index is 643. The standard InChI is InChI=1S/C18H20N2O2/c1-2-20(15-8-4-3-5-9-15)18(21)14-19-12-13-22-17-11-7-6-10-16(17)19/h3-11H,2,12-14H2,1H3. The number of carbonyl (C=O) groups excluding carboxylic acids is 1. The fraction of sp³-hybridized carbons (Fsp3) is 0.278. The molecule has 2 aromatic rings. The van der Waals surface area contributed by atoms with Crippen molar-refractivity contribution < 1.29 is 9.53 Å². The van der Waals surface area contributed by atoms with Gasteiger partial charge in [-0.15, -0.1) is 0 Å². The predicted molar refractivity (Wildman–Crippen MR) is 88.6 cm³/mol. The third-order valence-corrected chi connectivity index (χ3v) is 3.84. The second kappa shape index (κ2) is 6.52. The van der Waals surface area contributed by atoms with Gasteiger partial charge < -0.3 is 14.5 Å². The zero-order chi connectivity index (χ0) is 15.4. The van der Waals surface area contributed by atoms with Crippen molar-refractivity contribution in [2.45, 2.75) is 6.92 Å². The van der Waals surface area contributed by atoms with Crippen LogP contribution < -0.4 is 14.5 Å². The maximum Gasteiger partial charge on any atom is 0.246 e. The van der Waals surface area contributed by atoms with Gasteiger partial charge in [-0.25, -0.2) is 0 Å². The van der Waals surface area contributed by atoms with E-state index in [1.807, 2.05) is 66.4 Å². The lowest BCUT2D eigenvalue weighted by Crippen LogP contribution is -2.43. The minimum Gasteiger partial charge on any atom is -0.490 e. The number of benzene rings is 2. The van der Waals surface area contributed by atoms with Crippen LogP contribution in [0.1, 0.15) is 6.92 Å². The van der Waals surface area contributed by atoms with Crippen LogP contribution in [0.3, 0.4) is 0 Å². The topological polar surface area (TPSA) is 32.8 Å². The summed E-state index contributed by atoms with van der Waals surface area (Å²) in [6.07, 6.45) is 0. The molecule has 0 aliphatic carbocycles. The highest BCUT2D eigenvalue weighted by Crippen LogP contribution is 2.30. The number of amides is 1. The number of hydrogen-bond acceptors (Lipinski definition) is 3. The Kier molecular flexibility index (Phi) is 4.28. The lowest BCUT2D eigenvalue weighted by Gasteiger charge is -2.32. The molecule has 0 N–H and O–H groups in total. The molecule has 3 rings (SSSR count). The molecule has 0 saturated carbocycles. The van der Waals surface area contributed by atoms with E-state index in [1.54, 1.807) is 0 Å². The molecule has 0 atom stereocenters. The maximum absolute atomic E-state index is 12.7. The summed E-state index contributed by atoms with van der Waals surface area (Å²) in [5, 5.41) is 0. The number of rotatable bonds is 4. The Morgan fingerprint density at radius 1 is 1.14 bits per heavy atom. The Balaban J connectivity index is 1.77. The lowest BCUT2D eigenvalue weighted by atomic mass is 10.2. The van der Waals surface area contributed by atoms with Gasteiger partial charge in [0.15, 0.2) is 0 Å². The summed E-state index contributed by atoms with van der Waals surface area (Å²) in [6, 6.07) is 17.7. The average molecular weight is 296 g/mol. The molecule has 0 fully saturated rings. The third-order valence-electron chi connectivity index (χ3n) is 3.84. The van der Waals surface area contributed by atoms with Gasteiger partial charge >= 0.3 is 0 Å². The molecule has 1 heterocycles. The van der Waals surface area contributed by atoms with Gasteiger partial charge in [-0.3, -0.25) is 4.79 Å².